The van der Waals surface area contributed by atoms with E-state index in [0.717, 1.165) is 12.0 Å². The first-order chi connectivity index (χ1) is 8.82. The van der Waals surface area contributed by atoms with Gasteiger partial charge in [-0.3, -0.25) is 9.69 Å². The summed E-state index contributed by atoms with van der Waals surface area (Å²) in [5, 5.41) is 9.05. The first-order valence-corrected chi connectivity index (χ1v) is 6.86. The topological polar surface area (TPSA) is 40.5 Å². The molecule has 0 amide bonds. The van der Waals surface area contributed by atoms with Gasteiger partial charge in [-0.1, -0.05) is 38.1 Å². The van der Waals surface area contributed by atoms with Gasteiger partial charge in [0.15, 0.2) is 0 Å². The summed E-state index contributed by atoms with van der Waals surface area (Å²) in [6.07, 6.45) is 1.08. The van der Waals surface area contributed by atoms with Gasteiger partial charge in [0, 0.05) is 6.04 Å². The van der Waals surface area contributed by atoms with Crippen molar-refractivity contribution in [1.82, 2.24) is 4.90 Å². The van der Waals surface area contributed by atoms with Crippen molar-refractivity contribution < 1.29 is 9.90 Å². The van der Waals surface area contributed by atoms with Crippen molar-refractivity contribution in [2.45, 2.75) is 46.2 Å². The highest BCUT2D eigenvalue weighted by atomic mass is 16.4. The summed E-state index contributed by atoms with van der Waals surface area (Å²) in [6.45, 7) is 8.17. The fraction of sp³-hybridized carbons (Fsp3) is 0.562. The SMILES string of the molecule is CC(C)Cc1ccc(C(C)N(C)C(C)C(=O)O)cc1. The lowest BCUT2D eigenvalue weighted by Gasteiger charge is -2.28. The predicted molar refractivity (Wildman–Crippen MR) is 78.3 cm³/mol. The lowest BCUT2D eigenvalue weighted by molar-refractivity contribution is -0.142. The molecule has 106 valence electrons. The molecule has 1 rings (SSSR count). The Morgan fingerprint density at radius 3 is 2.11 bits per heavy atom. The molecule has 0 aromatic heterocycles. The monoisotopic (exact) mass is 263 g/mol. The van der Waals surface area contributed by atoms with Crippen LogP contribution in [0.5, 0.6) is 0 Å². The molecule has 0 spiro atoms. The van der Waals surface area contributed by atoms with E-state index in [1.807, 2.05) is 18.9 Å². The zero-order valence-corrected chi connectivity index (χ0v) is 12.6. The first kappa shape index (κ1) is 15.7. The quantitative estimate of drug-likeness (QED) is 0.855. The lowest BCUT2D eigenvalue weighted by atomic mass is 9.99. The Hall–Kier alpha value is -1.35. The van der Waals surface area contributed by atoms with E-state index < -0.39 is 12.0 Å². The van der Waals surface area contributed by atoms with Crippen LogP contribution >= 0.6 is 0 Å². The molecule has 19 heavy (non-hydrogen) atoms. The van der Waals surface area contributed by atoms with E-state index in [1.165, 1.54) is 5.56 Å². The molecule has 0 heterocycles. The van der Waals surface area contributed by atoms with Crippen LogP contribution in [0.1, 0.15) is 44.9 Å². The smallest absolute Gasteiger partial charge is 0.320 e. The van der Waals surface area contributed by atoms with Crippen molar-refractivity contribution in [1.29, 1.82) is 0 Å². The van der Waals surface area contributed by atoms with Gasteiger partial charge in [-0.05, 0) is 44.4 Å². The summed E-state index contributed by atoms with van der Waals surface area (Å²) in [4.78, 5) is 12.9. The highest BCUT2D eigenvalue weighted by Crippen LogP contribution is 2.22. The number of benzene rings is 1. The highest BCUT2D eigenvalue weighted by molar-refractivity contribution is 5.72. The molecule has 3 heteroatoms. The van der Waals surface area contributed by atoms with Crippen molar-refractivity contribution in [2.24, 2.45) is 5.92 Å². The van der Waals surface area contributed by atoms with Crippen molar-refractivity contribution in [3.05, 3.63) is 35.4 Å². The van der Waals surface area contributed by atoms with E-state index in [-0.39, 0.29) is 6.04 Å². The Morgan fingerprint density at radius 1 is 1.16 bits per heavy atom. The molecule has 0 saturated carbocycles. The third-order valence-electron chi connectivity index (χ3n) is 3.69. The minimum atomic E-state index is -0.786. The number of aliphatic carboxylic acids is 1. The Kier molecular flexibility index (Phi) is 5.55. The van der Waals surface area contributed by atoms with Crippen LogP contribution in [0.25, 0.3) is 0 Å². The third-order valence-corrected chi connectivity index (χ3v) is 3.69. The van der Waals surface area contributed by atoms with Crippen molar-refractivity contribution >= 4 is 5.97 Å². The number of rotatable bonds is 6. The molecule has 0 aliphatic carbocycles. The molecule has 0 fully saturated rings. The van der Waals surface area contributed by atoms with Gasteiger partial charge in [0.1, 0.15) is 6.04 Å². The summed E-state index contributed by atoms with van der Waals surface area (Å²) in [5.74, 6) is -0.135. The molecule has 0 radical (unpaired) electrons. The van der Waals surface area contributed by atoms with E-state index in [2.05, 4.69) is 38.1 Å². The van der Waals surface area contributed by atoms with Crippen LogP contribution in [0.2, 0.25) is 0 Å². The summed E-state index contributed by atoms with van der Waals surface area (Å²) >= 11 is 0. The highest BCUT2D eigenvalue weighted by Gasteiger charge is 2.22. The lowest BCUT2D eigenvalue weighted by Crippen LogP contribution is -2.37. The minimum absolute atomic E-state index is 0.0965. The van der Waals surface area contributed by atoms with Crippen molar-refractivity contribution in [3.8, 4) is 0 Å². The molecule has 2 unspecified atom stereocenters. The number of hydrogen-bond acceptors (Lipinski definition) is 2. The van der Waals surface area contributed by atoms with Gasteiger partial charge in [0.25, 0.3) is 0 Å². The van der Waals surface area contributed by atoms with Crippen LogP contribution in [0.15, 0.2) is 24.3 Å². The van der Waals surface area contributed by atoms with Crippen molar-refractivity contribution in [3.63, 3.8) is 0 Å². The van der Waals surface area contributed by atoms with Gasteiger partial charge in [-0.2, -0.15) is 0 Å². The second-order valence-electron chi connectivity index (χ2n) is 5.70. The summed E-state index contributed by atoms with van der Waals surface area (Å²) in [7, 11) is 1.85. The number of hydrogen-bond donors (Lipinski definition) is 1. The summed E-state index contributed by atoms with van der Waals surface area (Å²) in [5.41, 5.74) is 2.49. The molecular weight excluding hydrogens is 238 g/mol. The van der Waals surface area contributed by atoms with Crippen LogP contribution in [0.3, 0.4) is 0 Å². The number of carboxylic acid groups (broad SMARTS) is 1. The number of likely N-dealkylation sites (N-methyl/N-ethyl adjacent to an activating group) is 1. The number of nitrogens with zero attached hydrogens (tertiary/aromatic N) is 1. The molecule has 0 saturated heterocycles. The Bertz CT molecular complexity index is 411. The van der Waals surface area contributed by atoms with Crippen molar-refractivity contribution in [2.75, 3.05) is 7.05 Å². The van der Waals surface area contributed by atoms with E-state index >= 15 is 0 Å². The Labute approximate surface area is 116 Å². The van der Waals surface area contributed by atoms with Gasteiger partial charge in [0.05, 0.1) is 0 Å². The summed E-state index contributed by atoms with van der Waals surface area (Å²) < 4.78 is 0. The second kappa shape index (κ2) is 6.71. The van der Waals surface area contributed by atoms with Gasteiger partial charge < -0.3 is 5.11 Å². The number of carboxylic acids is 1. The average Bonchev–Trinajstić information content (AvgIpc) is 2.36. The molecule has 1 aromatic carbocycles. The first-order valence-electron chi connectivity index (χ1n) is 6.86. The molecule has 0 bridgehead atoms. The molecule has 2 atom stereocenters. The average molecular weight is 263 g/mol. The van der Waals surface area contributed by atoms with Crippen LogP contribution in [0.4, 0.5) is 0 Å². The second-order valence-corrected chi connectivity index (χ2v) is 5.70. The van der Waals surface area contributed by atoms with Crippen LogP contribution in [-0.2, 0) is 11.2 Å². The van der Waals surface area contributed by atoms with E-state index in [9.17, 15) is 4.79 Å². The molecule has 1 N–H and O–H groups in total. The maximum absolute atomic E-state index is 11.0. The van der Waals surface area contributed by atoms with Crippen LogP contribution in [-0.4, -0.2) is 29.1 Å². The Balaban J connectivity index is 2.77. The Morgan fingerprint density at radius 2 is 1.68 bits per heavy atom. The molecular formula is C16H25NO2. The van der Waals surface area contributed by atoms with Gasteiger partial charge in [-0.25, -0.2) is 0 Å². The van der Waals surface area contributed by atoms with Crippen LogP contribution in [0, 0.1) is 5.92 Å². The van der Waals surface area contributed by atoms with Gasteiger partial charge in [-0.15, -0.1) is 0 Å². The normalized spacial score (nSPS) is 14.7. The standard InChI is InChI=1S/C16H25NO2/c1-11(2)10-14-6-8-15(9-7-14)12(3)17(5)13(4)16(18)19/h6-9,11-13H,10H2,1-5H3,(H,18,19). The van der Waals surface area contributed by atoms with E-state index in [1.54, 1.807) is 6.92 Å². The fourth-order valence-corrected chi connectivity index (χ4v) is 2.15. The van der Waals surface area contributed by atoms with Crippen LogP contribution < -0.4 is 0 Å². The molecule has 0 aliphatic heterocycles. The zero-order valence-electron chi connectivity index (χ0n) is 12.6. The van der Waals surface area contributed by atoms with Gasteiger partial charge >= 0.3 is 5.97 Å². The molecule has 0 aliphatic rings. The largest absolute Gasteiger partial charge is 0.480 e. The number of carbonyl (C=O) groups is 1. The summed E-state index contributed by atoms with van der Waals surface area (Å²) in [6, 6.07) is 8.11. The minimum Gasteiger partial charge on any atom is -0.480 e. The van der Waals surface area contributed by atoms with Gasteiger partial charge in [0.2, 0.25) is 0 Å². The zero-order chi connectivity index (χ0) is 14.6. The molecule has 3 nitrogen and oxygen atoms in total. The maximum atomic E-state index is 11.0. The van der Waals surface area contributed by atoms with E-state index in [4.69, 9.17) is 5.11 Å². The fourth-order valence-electron chi connectivity index (χ4n) is 2.15. The van der Waals surface area contributed by atoms with E-state index in [0.29, 0.717) is 5.92 Å². The maximum Gasteiger partial charge on any atom is 0.320 e. The third kappa shape index (κ3) is 4.35. The predicted octanol–water partition coefficient (Wildman–Crippen LogP) is 3.35. The molecule has 1 aromatic rings.